The Bertz CT molecular complexity index is 1020. The van der Waals surface area contributed by atoms with Gasteiger partial charge in [0.15, 0.2) is 23.0 Å². The average molecular weight is 411 g/mol. The third-order valence-corrected chi connectivity index (χ3v) is 4.63. The minimum Gasteiger partial charge on any atom is -0.493 e. The molecule has 2 aliphatic rings. The van der Waals surface area contributed by atoms with Gasteiger partial charge in [0.1, 0.15) is 18.9 Å². The number of anilines is 1. The van der Waals surface area contributed by atoms with Gasteiger partial charge in [0.25, 0.3) is 5.91 Å². The molecule has 0 unspecified atom stereocenters. The number of nitrogens with one attached hydrogen (secondary N) is 2. The van der Waals surface area contributed by atoms with Gasteiger partial charge in [0, 0.05) is 23.5 Å². The lowest BCUT2D eigenvalue weighted by Gasteiger charge is -2.18. The van der Waals surface area contributed by atoms with Gasteiger partial charge in [-0.1, -0.05) is 0 Å². The molecule has 30 heavy (non-hydrogen) atoms. The molecule has 4 rings (SSSR count). The molecule has 0 spiro atoms. The second-order valence-electron chi connectivity index (χ2n) is 6.38. The van der Waals surface area contributed by atoms with E-state index in [1.165, 1.54) is 21.3 Å². The Hall–Kier alpha value is -3.88. The van der Waals surface area contributed by atoms with Crippen molar-refractivity contribution >= 4 is 17.3 Å². The minimum absolute atomic E-state index is 0.330. The summed E-state index contributed by atoms with van der Waals surface area (Å²) in [6.45, 7) is 1.02. The largest absolute Gasteiger partial charge is 0.493 e. The molecule has 2 aromatic carbocycles. The second kappa shape index (κ2) is 8.24. The highest BCUT2D eigenvalue weighted by atomic mass is 16.6. The van der Waals surface area contributed by atoms with Gasteiger partial charge in [-0.3, -0.25) is 4.79 Å². The van der Waals surface area contributed by atoms with E-state index in [0.717, 1.165) is 5.69 Å². The van der Waals surface area contributed by atoms with E-state index in [2.05, 4.69) is 15.8 Å². The number of ether oxygens (including phenoxy) is 5. The van der Waals surface area contributed by atoms with Crippen LogP contribution in [0.1, 0.15) is 5.56 Å². The van der Waals surface area contributed by atoms with E-state index in [1.54, 1.807) is 18.3 Å². The maximum atomic E-state index is 12.4. The standard InChI is InChI=1S/C21H21N3O6/c1-26-17-8-12(9-18(27-2)20(17)28-3)19-14(21(25)24-23-19)11-22-13-4-5-15-16(10-13)30-7-6-29-15/h4-5,8-11,22H,6-7H2,1-3H3,(H,24,25)/b14-11-. The van der Waals surface area contributed by atoms with Crippen LogP contribution in [0.4, 0.5) is 5.69 Å². The molecule has 2 heterocycles. The summed E-state index contributed by atoms with van der Waals surface area (Å²) in [5.41, 5.74) is 4.68. The third-order valence-electron chi connectivity index (χ3n) is 4.63. The van der Waals surface area contributed by atoms with Gasteiger partial charge >= 0.3 is 0 Å². The molecule has 0 atom stereocenters. The van der Waals surface area contributed by atoms with Crippen molar-refractivity contribution in [1.29, 1.82) is 0 Å². The summed E-state index contributed by atoms with van der Waals surface area (Å²) in [5, 5.41) is 7.29. The van der Waals surface area contributed by atoms with Crippen LogP contribution >= 0.6 is 0 Å². The fraction of sp³-hybridized carbons (Fsp3) is 0.238. The summed E-state index contributed by atoms with van der Waals surface area (Å²) in [5.74, 6) is 2.41. The molecule has 0 saturated carbocycles. The predicted molar refractivity (Wildman–Crippen MR) is 110 cm³/mol. The minimum atomic E-state index is -0.330. The predicted octanol–water partition coefficient (Wildman–Crippen LogP) is 2.31. The van der Waals surface area contributed by atoms with E-state index < -0.39 is 0 Å². The first-order valence-corrected chi connectivity index (χ1v) is 9.19. The quantitative estimate of drug-likeness (QED) is 0.704. The summed E-state index contributed by atoms with van der Waals surface area (Å²) in [7, 11) is 4.59. The Morgan fingerprint density at radius 1 is 1.00 bits per heavy atom. The number of hydrazone groups is 1. The van der Waals surface area contributed by atoms with Gasteiger partial charge in [-0.25, -0.2) is 5.43 Å². The molecule has 9 nitrogen and oxygen atoms in total. The molecule has 0 radical (unpaired) electrons. The Balaban J connectivity index is 1.64. The lowest BCUT2D eigenvalue weighted by atomic mass is 10.0. The number of nitrogens with zero attached hydrogens (tertiary/aromatic N) is 1. The van der Waals surface area contributed by atoms with Crippen molar-refractivity contribution in [3.63, 3.8) is 0 Å². The van der Waals surface area contributed by atoms with Crippen LogP contribution in [0.25, 0.3) is 0 Å². The first-order chi connectivity index (χ1) is 14.6. The van der Waals surface area contributed by atoms with Gasteiger partial charge in [0.2, 0.25) is 5.75 Å². The number of fused-ring (bicyclic) bond motifs is 1. The third kappa shape index (κ3) is 3.57. The molecule has 9 heteroatoms. The van der Waals surface area contributed by atoms with Crippen LogP contribution in [0.2, 0.25) is 0 Å². The first kappa shape index (κ1) is 19.4. The topological polar surface area (TPSA) is 99.6 Å². The van der Waals surface area contributed by atoms with Gasteiger partial charge in [-0.05, 0) is 24.3 Å². The zero-order valence-corrected chi connectivity index (χ0v) is 16.8. The van der Waals surface area contributed by atoms with Gasteiger partial charge < -0.3 is 29.0 Å². The molecule has 0 bridgehead atoms. The van der Waals surface area contributed by atoms with Crippen molar-refractivity contribution in [3.05, 3.63) is 47.7 Å². The number of hydrogen-bond acceptors (Lipinski definition) is 8. The van der Waals surface area contributed by atoms with Gasteiger partial charge in [-0.2, -0.15) is 5.10 Å². The van der Waals surface area contributed by atoms with E-state index in [1.807, 2.05) is 18.2 Å². The Labute approximate surface area is 173 Å². The molecular formula is C21H21N3O6. The van der Waals surface area contributed by atoms with Crippen molar-refractivity contribution in [3.8, 4) is 28.7 Å². The number of methoxy groups -OCH3 is 3. The fourth-order valence-electron chi connectivity index (χ4n) is 3.20. The van der Waals surface area contributed by atoms with E-state index in [4.69, 9.17) is 23.7 Å². The highest BCUT2D eigenvalue weighted by Gasteiger charge is 2.26. The van der Waals surface area contributed by atoms with Gasteiger partial charge in [-0.15, -0.1) is 0 Å². The van der Waals surface area contributed by atoms with E-state index in [-0.39, 0.29) is 5.91 Å². The molecule has 2 N–H and O–H groups in total. The van der Waals surface area contributed by atoms with Crippen LogP contribution in [0.15, 0.2) is 47.2 Å². The fourth-order valence-corrected chi connectivity index (χ4v) is 3.20. The van der Waals surface area contributed by atoms with Crippen molar-refractivity contribution in [1.82, 2.24) is 5.43 Å². The SMILES string of the molecule is COc1cc(C2=NNC(=O)/C2=C\Nc2ccc3c(c2)OCCO3)cc(OC)c1OC. The molecule has 156 valence electrons. The average Bonchev–Trinajstić information content (AvgIpc) is 3.16. The van der Waals surface area contributed by atoms with E-state index >= 15 is 0 Å². The molecule has 0 fully saturated rings. The molecule has 0 aromatic heterocycles. The molecule has 0 aliphatic carbocycles. The lowest BCUT2D eigenvalue weighted by molar-refractivity contribution is -0.116. The van der Waals surface area contributed by atoms with Crippen molar-refractivity contribution in [2.24, 2.45) is 5.10 Å². The summed E-state index contributed by atoms with van der Waals surface area (Å²) in [4.78, 5) is 12.4. The maximum absolute atomic E-state index is 12.4. The summed E-state index contributed by atoms with van der Waals surface area (Å²) >= 11 is 0. The number of rotatable bonds is 6. The zero-order valence-electron chi connectivity index (χ0n) is 16.8. The van der Waals surface area contributed by atoms with Crippen LogP contribution in [0.3, 0.4) is 0 Å². The number of benzene rings is 2. The van der Waals surface area contributed by atoms with Crippen LogP contribution in [0, 0.1) is 0 Å². The molecule has 2 aliphatic heterocycles. The van der Waals surface area contributed by atoms with Gasteiger partial charge in [0.05, 0.1) is 26.9 Å². The first-order valence-electron chi connectivity index (χ1n) is 9.19. The maximum Gasteiger partial charge on any atom is 0.275 e. The molecule has 2 aromatic rings. The van der Waals surface area contributed by atoms with E-state index in [9.17, 15) is 4.79 Å². The number of amides is 1. The monoisotopic (exact) mass is 411 g/mol. The van der Waals surface area contributed by atoms with E-state index in [0.29, 0.717) is 58.8 Å². The Morgan fingerprint density at radius 3 is 2.37 bits per heavy atom. The summed E-state index contributed by atoms with van der Waals surface area (Å²) < 4.78 is 27.3. The second-order valence-corrected chi connectivity index (χ2v) is 6.38. The van der Waals surface area contributed by atoms with Crippen molar-refractivity contribution in [2.45, 2.75) is 0 Å². The highest BCUT2D eigenvalue weighted by Crippen LogP contribution is 2.39. The molecular weight excluding hydrogens is 390 g/mol. The molecule has 1 amide bonds. The number of hydrogen-bond donors (Lipinski definition) is 2. The lowest BCUT2D eigenvalue weighted by Crippen LogP contribution is -2.16. The molecule has 0 saturated heterocycles. The van der Waals surface area contributed by atoms with Crippen LogP contribution < -0.4 is 34.4 Å². The Morgan fingerprint density at radius 2 is 1.70 bits per heavy atom. The summed E-state index contributed by atoms with van der Waals surface area (Å²) in [6.07, 6.45) is 1.59. The van der Waals surface area contributed by atoms with Crippen molar-refractivity contribution < 1.29 is 28.5 Å². The highest BCUT2D eigenvalue weighted by molar-refractivity contribution is 6.31. The number of carbonyl (C=O) groups is 1. The zero-order chi connectivity index (χ0) is 21.1. The number of carbonyl (C=O) groups excluding carboxylic acids is 1. The van der Waals surface area contributed by atoms with Crippen molar-refractivity contribution in [2.75, 3.05) is 39.9 Å². The smallest absolute Gasteiger partial charge is 0.275 e. The van der Waals surface area contributed by atoms with Crippen LogP contribution in [0.5, 0.6) is 28.7 Å². The Kier molecular flexibility index (Phi) is 5.34. The summed E-state index contributed by atoms with van der Waals surface area (Å²) in [6, 6.07) is 8.94. The van der Waals surface area contributed by atoms with Crippen LogP contribution in [-0.2, 0) is 4.79 Å². The van der Waals surface area contributed by atoms with Crippen LogP contribution in [-0.4, -0.2) is 46.2 Å². The normalized spacial score (nSPS) is 16.0.